The predicted octanol–water partition coefficient (Wildman–Crippen LogP) is 2.37. The minimum atomic E-state index is -0.824. The van der Waals surface area contributed by atoms with Gasteiger partial charge in [0.15, 0.2) is 18.1 Å². The van der Waals surface area contributed by atoms with Crippen LogP contribution in [0.1, 0.15) is 15.9 Å². The Morgan fingerprint density at radius 1 is 1.04 bits per heavy atom. The summed E-state index contributed by atoms with van der Waals surface area (Å²) in [6, 6.07) is 7.55. The number of nitrogens with zero attached hydrogens (tertiary/aromatic N) is 1. The van der Waals surface area contributed by atoms with E-state index < -0.39 is 17.5 Å². The van der Waals surface area contributed by atoms with Crippen molar-refractivity contribution in [2.24, 2.45) is 0 Å². The molecule has 0 atom stereocenters. The van der Waals surface area contributed by atoms with Gasteiger partial charge in [0.1, 0.15) is 11.6 Å². The van der Waals surface area contributed by atoms with Gasteiger partial charge in [-0.1, -0.05) is 6.07 Å². The fraction of sp³-hybridized carbons (Fsp3) is 0.263. The van der Waals surface area contributed by atoms with E-state index in [0.717, 1.165) is 12.1 Å². The van der Waals surface area contributed by atoms with Crippen LogP contribution in [0.5, 0.6) is 11.5 Å². The Morgan fingerprint density at radius 2 is 1.70 bits per heavy atom. The van der Waals surface area contributed by atoms with E-state index in [1.807, 2.05) is 0 Å². The van der Waals surface area contributed by atoms with Crippen molar-refractivity contribution < 1.29 is 27.8 Å². The highest BCUT2D eigenvalue weighted by Gasteiger charge is 2.12. The molecule has 0 aromatic heterocycles. The Hall–Kier alpha value is -3.16. The van der Waals surface area contributed by atoms with Crippen molar-refractivity contribution in [3.8, 4) is 11.5 Å². The van der Waals surface area contributed by atoms with Gasteiger partial charge in [0.25, 0.3) is 11.8 Å². The Labute approximate surface area is 155 Å². The molecule has 0 saturated heterocycles. The number of hydrogen-bond donors (Lipinski definition) is 1. The SMILES string of the molecule is COc1cc(CNC(=O)c2cc(F)cc(F)c2)ccc1OCC(=O)N(C)C. The van der Waals surface area contributed by atoms with E-state index in [0.29, 0.717) is 23.1 Å². The molecule has 2 aromatic carbocycles. The third kappa shape index (κ3) is 5.67. The monoisotopic (exact) mass is 378 g/mol. The van der Waals surface area contributed by atoms with Gasteiger partial charge < -0.3 is 19.7 Å². The van der Waals surface area contributed by atoms with E-state index in [9.17, 15) is 18.4 Å². The van der Waals surface area contributed by atoms with E-state index in [2.05, 4.69) is 5.32 Å². The van der Waals surface area contributed by atoms with Crippen LogP contribution in [0, 0.1) is 11.6 Å². The van der Waals surface area contributed by atoms with Crippen LogP contribution in [0.2, 0.25) is 0 Å². The van der Waals surface area contributed by atoms with Crippen molar-refractivity contribution in [3.05, 3.63) is 59.2 Å². The molecule has 144 valence electrons. The van der Waals surface area contributed by atoms with Crippen LogP contribution < -0.4 is 14.8 Å². The van der Waals surface area contributed by atoms with Crippen LogP contribution in [0.4, 0.5) is 8.78 Å². The maximum absolute atomic E-state index is 13.2. The zero-order valence-corrected chi connectivity index (χ0v) is 15.2. The molecule has 0 heterocycles. The average Bonchev–Trinajstić information content (AvgIpc) is 2.63. The predicted molar refractivity (Wildman–Crippen MR) is 94.7 cm³/mol. The summed E-state index contributed by atoms with van der Waals surface area (Å²) in [6.45, 7) is -0.0190. The van der Waals surface area contributed by atoms with Gasteiger partial charge in [-0.25, -0.2) is 8.78 Å². The lowest BCUT2D eigenvalue weighted by Gasteiger charge is -2.14. The molecule has 0 spiro atoms. The largest absolute Gasteiger partial charge is 0.493 e. The van der Waals surface area contributed by atoms with Crippen molar-refractivity contribution in [2.75, 3.05) is 27.8 Å². The number of benzene rings is 2. The quantitative estimate of drug-likeness (QED) is 0.803. The zero-order chi connectivity index (χ0) is 20.0. The van der Waals surface area contributed by atoms with Crippen LogP contribution in [0.15, 0.2) is 36.4 Å². The van der Waals surface area contributed by atoms with E-state index >= 15 is 0 Å². The average molecular weight is 378 g/mol. The highest BCUT2D eigenvalue weighted by atomic mass is 19.1. The Morgan fingerprint density at radius 3 is 2.30 bits per heavy atom. The van der Waals surface area contributed by atoms with E-state index in [-0.39, 0.29) is 24.6 Å². The number of carbonyl (C=O) groups excluding carboxylic acids is 2. The van der Waals surface area contributed by atoms with Gasteiger partial charge >= 0.3 is 0 Å². The summed E-state index contributed by atoms with van der Waals surface area (Å²) in [6.07, 6.45) is 0. The second-order valence-corrected chi connectivity index (χ2v) is 5.90. The molecular formula is C19H20F2N2O4. The number of hydrogen-bond acceptors (Lipinski definition) is 4. The third-order valence-corrected chi connectivity index (χ3v) is 3.66. The normalized spacial score (nSPS) is 10.3. The van der Waals surface area contributed by atoms with Gasteiger partial charge in [-0.3, -0.25) is 9.59 Å². The molecule has 0 fully saturated rings. The summed E-state index contributed by atoms with van der Waals surface area (Å²) in [5.74, 6) is -1.67. The highest BCUT2D eigenvalue weighted by Crippen LogP contribution is 2.28. The Bertz CT molecular complexity index is 820. The minimum Gasteiger partial charge on any atom is -0.493 e. The summed E-state index contributed by atoms with van der Waals surface area (Å²) in [4.78, 5) is 25.1. The molecule has 0 aliphatic carbocycles. The number of likely N-dealkylation sites (N-methyl/N-ethyl adjacent to an activating group) is 1. The number of halogens is 2. The van der Waals surface area contributed by atoms with Gasteiger partial charge in [0.2, 0.25) is 0 Å². The van der Waals surface area contributed by atoms with E-state index in [4.69, 9.17) is 9.47 Å². The summed E-state index contributed by atoms with van der Waals surface area (Å²) in [7, 11) is 4.70. The molecule has 0 aliphatic rings. The molecule has 2 amide bonds. The van der Waals surface area contributed by atoms with Crippen LogP contribution in [-0.4, -0.2) is 44.5 Å². The fourth-order valence-corrected chi connectivity index (χ4v) is 2.18. The third-order valence-electron chi connectivity index (χ3n) is 3.66. The Kier molecular flexibility index (Phi) is 6.70. The van der Waals surface area contributed by atoms with Crippen LogP contribution >= 0.6 is 0 Å². The number of ether oxygens (including phenoxy) is 2. The smallest absolute Gasteiger partial charge is 0.259 e. The van der Waals surface area contributed by atoms with E-state index in [1.54, 1.807) is 32.3 Å². The lowest BCUT2D eigenvalue weighted by molar-refractivity contribution is -0.130. The second-order valence-electron chi connectivity index (χ2n) is 5.90. The molecule has 1 N–H and O–H groups in total. The van der Waals surface area contributed by atoms with Gasteiger partial charge in [-0.2, -0.15) is 0 Å². The lowest BCUT2D eigenvalue weighted by atomic mass is 10.1. The molecule has 0 unspecified atom stereocenters. The topological polar surface area (TPSA) is 67.9 Å². The maximum atomic E-state index is 13.2. The van der Waals surface area contributed by atoms with Gasteiger partial charge in [-0.15, -0.1) is 0 Å². The van der Waals surface area contributed by atoms with Crippen LogP contribution in [0.25, 0.3) is 0 Å². The number of nitrogens with one attached hydrogen (secondary N) is 1. The first-order valence-electron chi connectivity index (χ1n) is 8.04. The molecule has 0 radical (unpaired) electrons. The maximum Gasteiger partial charge on any atom is 0.259 e. The van der Waals surface area contributed by atoms with Crippen LogP contribution in [-0.2, 0) is 11.3 Å². The molecule has 0 saturated carbocycles. The number of rotatable bonds is 7. The summed E-state index contributed by atoms with van der Waals surface area (Å²) < 4.78 is 37.1. The first-order chi connectivity index (χ1) is 12.8. The van der Waals surface area contributed by atoms with Gasteiger partial charge in [0.05, 0.1) is 7.11 Å². The van der Waals surface area contributed by atoms with Crippen molar-refractivity contribution in [3.63, 3.8) is 0 Å². The van der Waals surface area contributed by atoms with E-state index in [1.165, 1.54) is 12.0 Å². The first-order valence-corrected chi connectivity index (χ1v) is 8.04. The van der Waals surface area contributed by atoms with Crippen LogP contribution in [0.3, 0.4) is 0 Å². The first kappa shape index (κ1) is 20.2. The molecule has 0 aliphatic heterocycles. The van der Waals surface area contributed by atoms with Crippen molar-refractivity contribution in [2.45, 2.75) is 6.54 Å². The molecule has 2 aromatic rings. The van der Waals surface area contributed by atoms with Crippen molar-refractivity contribution in [1.82, 2.24) is 10.2 Å². The molecule has 27 heavy (non-hydrogen) atoms. The molecule has 0 bridgehead atoms. The summed E-state index contributed by atoms with van der Waals surface area (Å²) in [5.41, 5.74) is 0.574. The number of carbonyl (C=O) groups is 2. The Balaban J connectivity index is 2.02. The molecular weight excluding hydrogens is 358 g/mol. The molecule has 2 rings (SSSR count). The zero-order valence-electron chi connectivity index (χ0n) is 15.2. The summed E-state index contributed by atoms with van der Waals surface area (Å²) >= 11 is 0. The van der Waals surface area contributed by atoms with Gasteiger partial charge in [-0.05, 0) is 29.8 Å². The molecule has 6 nitrogen and oxygen atoms in total. The fourth-order valence-electron chi connectivity index (χ4n) is 2.18. The second kappa shape index (κ2) is 8.98. The summed E-state index contributed by atoms with van der Waals surface area (Å²) in [5, 5.41) is 2.58. The molecule has 8 heteroatoms. The van der Waals surface area contributed by atoms with Gasteiger partial charge in [0, 0.05) is 32.3 Å². The minimum absolute atomic E-state index is 0.110. The highest BCUT2D eigenvalue weighted by molar-refractivity contribution is 5.94. The van der Waals surface area contributed by atoms with Crippen molar-refractivity contribution >= 4 is 11.8 Å². The number of methoxy groups -OCH3 is 1. The number of amides is 2. The standard InChI is InChI=1S/C19H20F2N2O4/c1-23(2)18(24)11-27-16-5-4-12(6-17(16)26-3)10-22-19(25)13-7-14(20)9-15(21)8-13/h4-9H,10-11H2,1-3H3,(H,22,25). The van der Waals surface area contributed by atoms with Crippen molar-refractivity contribution in [1.29, 1.82) is 0 Å². The lowest BCUT2D eigenvalue weighted by Crippen LogP contribution is -2.27.